The summed E-state index contributed by atoms with van der Waals surface area (Å²) in [6.07, 6.45) is -1.44. The number of aromatic hydroxyl groups is 2. The lowest BCUT2D eigenvalue weighted by Gasteiger charge is -2.09. The molecule has 1 rings (SSSR count). The van der Waals surface area contributed by atoms with Gasteiger partial charge in [0.2, 0.25) is 0 Å². The summed E-state index contributed by atoms with van der Waals surface area (Å²) in [5, 5.41) is 18.4. The smallest absolute Gasteiger partial charge is 0.322 e. The Bertz CT molecular complexity index is 436. The molecule has 0 amide bonds. The lowest BCUT2D eigenvalue weighted by molar-refractivity contribution is -0.142. The second-order valence-electron chi connectivity index (χ2n) is 2.84. The normalized spacial score (nSPS) is 18.3. The summed E-state index contributed by atoms with van der Waals surface area (Å²) in [4.78, 5) is 11.2. The van der Waals surface area contributed by atoms with Crippen LogP contribution in [0.3, 0.4) is 0 Å². The first kappa shape index (κ1) is 8.55. The highest BCUT2D eigenvalue weighted by Crippen LogP contribution is 2.25. The Kier molecular flexibility index (Phi) is 2.65. The summed E-state index contributed by atoms with van der Waals surface area (Å²) >= 11 is 0. The van der Waals surface area contributed by atoms with E-state index in [4.69, 9.17) is 13.6 Å². The maximum Gasteiger partial charge on any atom is 0.322 e. The van der Waals surface area contributed by atoms with Gasteiger partial charge < -0.3 is 20.7 Å². The maximum absolute atomic E-state index is 11.2. The zero-order valence-electron chi connectivity index (χ0n) is 10.1. The van der Waals surface area contributed by atoms with Gasteiger partial charge in [-0.3, -0.25) is 4.79 Å². The molecular weight excluding hydrogens is 198 g/mol. The van der Waals surface area contributed by atoms with Crippen LogP contribution in [0, 0.1) is 0 Å². The van der Waals surface area contributed by atoms with Gasteiger partial charge in [0.15, 0.2) is 11.5 Å². The molecule has 5 heteroatoms. The molecule has 0 saturated carbocycles. The van der Waals surface area contributed by atoms with Crippen LogP contribution in [0.2, 0.25) is 0 Å². The summed E-state index contributed by atoms with van der Waals surface area (Å²) in [7, 11) is 1.07. The van der Waals surface area contributed by atoms with Crippen molar-refractivity contribution in [2.24, 2.45) is 5.73 Å². The van der Waals surface area contributed by atoms with Gasteiger partial charge in [0, 0.05) is 1.37 Å². The predicted molar refractivity (Wildman–Crippen MR) is 53.5 cm³/mol. The number of methoxy groups -OCH3 is 1. The molecule has 0 fully saturated rings. The molecule has 0 aliphatic carbocycles. The number of benzene rings is 1. The third-order valence-corrected chi connectivity index (χ3v) is 1.74. The third kappa shape index (κ3) is 2.85. The monoisotopic (exact) mass is 213 g/mol. The number of phenols is 2. The first-order chi connectivity index (χ1) is 7.80. The van der Waals surface area contributed by atoms with Crippen LogP contribution in [0.4, 0.5) is 0 Å². The highest BCUT2D eigenvalue weighted by atomic mass is 16.5. The van der Waals surface area contributed by atoms with Crippen LogP contribution in [0.1, 0.15) is 8.30 Å². The molecular formula is C10H13NO4. The molecule has 0 aromatic heterocycles. The Morgan fingerprint density at radius 2 is 2.33 bits per heavy atom. The largest absolute Gasteiger partial charge is 0.504 e. The Hall–Kier alpha value is -1.75. The van der Waals surface area contributed by atoms with Crippen molar-refractivity contribution in [3.63, 3.8) is 0 Å². The lowest BCUT2D eigenvalue weighted by atomic mass is 10.1. The molecule has 1 unspecified atom stereocenters. The third-order valence-electron chi connectivity index (χ3n) is 1.74. The molecule has 0 spiro atoms. The molecule has 0 heterocycles. The molecule has 2 atom stereocenters. The van der Waals surface area contributed by atoms with Gasteiger partial charge in [0.05, 0.1) is 8.48 Å². The topological polar surface area (TPSA) is 92.8 Å². The van der Waals surface area contributed by atoms with Crippen LogP contribution in [0.5, 0.6) is 11.5 Å². The van der Waals surface area contributed by atoms with E-state index in [-0.39, 0.29) is 11.3 Å². The Morgan fingerprint density at radius 1 is 1.67 bits per heavy atom. The van der Waals surface area contributed by atoms with Crippen molar-refractivity contribution in [1.82, 2.24) is 0 Å². The van der Waals surface area contributed by atoms with E-state index in [1.165, 1.54) is 6.07 Å². The average molecular weight is 213 g/mol. The van der Waals surface area contributed by atoms with Crippen LogP contribution in [0.15, 0.2) is 18.2 Å². The Morgan fingerprint density at radius 3 is 2.87 bits per heavy atom. The standard InChI is InChI=1S/C10H13NO4/c1-15-10(14)7(11)4-6-2-3-8(12)9(13)5-6/h2-3,5,7,12-13H,4,11H2,1H3/i4D,7D/t4-,7?/m0/s1. The number of hydrogen-bond acceptors (Lipinski definition) is 5. The number of ether oxygens (including phenoxy) is 1. The minimum absolute atomic E-state index is 0.128. The number of nitrogens with two attached hydrogens (primary N) is 1. The zero-order chi connectivity index (χ0) is 13.2. The zero-order valence-corrected chi connectivity index (χ0v) is 8.10. The second kappa shape index (κ2) is 4.65. The molecule has 0 aliphatic heterocycles. The van der Waals surface area contributed by atoms with E-state index in [0.717, 1.165) is 19.2 Å². The van der Waals surface area contributed by atoms with Gasteiger partial charge in [-0.05, 0) is 24.1 Å². The number of esters is 1. The molecule has 15 heavy (non-hydrogen) atoms. The van der Waals surface area contributed by atoms with Crippen molar-refractivity contribution < 1.29 is 22.5 Å². The minimum atomic E-state index is -2.28. The Labute approximate surface area is 89.9 Å². The van der Waals surface area contributed by atoms with Crippen LogP contribution in [-0.2, 0) is 15.9 Å². The SMILES string of the molecule is [2H][C@@H](c1ccc(O)c(O)c1)C([2H])(N)C(=O)OC. The molecule has 4 N–H and O–H groups in total. The van der Waals surface area contributed by atoms with E-state index < -0.39 is 24.1 Å². The van der Waals surface area contributed by atoms with Crippen molar-refractivity contribution >= 4 is 5.97 Å². The number of hydrogen-bond donors (Lipinski definition) is 3. The van der Waals surface area contributed by atoms with Crippen molar-refractivity contribution in [1.29, 1.82) is 0 Å². The van der Waals surface area contributed by atoms with Crippen molar-refractivity contribution in [3.8, 4) is 11.5 Å². The van der Waals surface area contributed by atoms with Gasteiger partial charge >= 0.3 is 5.97 Å². The second-order valence-corrected chi connectivity index (χ2v) is 2.84. The van der Waals surface area contributed by atoms with E-state index in [9.17, 15) is 9.90 Å². The fourth-order valence-corrected chi connectivity index (χ4v) is 0.987. The van der Waals surface area contributed by atoms with Gasteiger partial charge in [-0.1, -0.05) is 6.07 Å². The highest BCUT2D eigenvalue weighted by molar-refractivity contribution is 5.75. The number of phenolic OH excluding ortho intramolecular Hbond substituents is 2. The van der Waals surface area contributed by atoms with E-state index in [1.54, 1.807) is 0 Å². The fraction of sp³-hybridized carbons (Fsp3) is 0.300. The van der Waals surface area contributed by atoms with Crippen molar-refractivity contribution in [2.45, 2.75) is 12.4 Å². The van der Waals surface area contributed by atoms with E-state index >= 15 is 0 Å². The van der Waals surface area contributed by atoms with Crippen LogP contribution in [0.25, 0.3) is 0 Å². The average Bonchev–Trinajstić information content (AvgIpc) is 2.30. The predicted octanol–water partition coefficient (Wildman–Crippen LogP) is 0.141. The fourth-order valence-electron chi connectivity index (χ4n) is 0.987. The molecule has 1 aromatic rings. The molecule has 82 valence electrons. The van der Waals surface area contributed by atoms with E-state index in [0.29, 0.717) is 0 Å². The van der Waals surface area contributed by atoms with E-state index in [1.807, 2.05) is 0 Å². The van der Waals surface area contributed by atoms with Crippen LogP contribution in [-0.4, -0.2) is 29.3 Å². The first-order valence-electron chi connectivity index (χ1n) is 5.20. The molecule has 0 saturated heterocycles. The number of carbonyl (C=O) groups is 1. The van der Waals surface area contributed by atoms with Crippen LogP contribution < -0.4 is 5.73 Å². The van der Waals surface area contributed by atoms with Gasteiger partial charge in [-0.25, -0.2) is 0 Å². The first-order valence-corrected chi connectivity index (χ1v) is 4.12. The molecule has 0 bridgehead atoms. The molecule has 5 nitrogen and oxygen atoms in total. The lowest BCUT2D eigenvalue weighted by Crippen LogP contribution is -2.33. The highest BCUT2D eigenvalue weighted by Gasteiger charge is 2.14. The summed E-state index contributed by atoms with van der Waals surface area (Å²) < 4.78 is 19.6. The number of rotatable bonds is 3. The quantitative estimate of drug-likeness (QED) is 0.490. The summed E-state index contributed by atoms with van der Waals surface area (Å²) in [6.45, 7) is 0. The summed E-state index contributed by atoms with van der Waals surface area (Å²) in [5.41, 5.74) is 5.52. The van der Waals surface area contributed by atoms with Gasteiger partial charge in [0.25, 0.3) is 0 Å². The number of carbonyl (C=O) groups excluding carboxylic acids is 1. The maximum atomic E-state index is 11.2. The molecule has 0 aliphatic rings. The van der Waals surface area contributed by atoms with Crippen LogP contribution >= 0.6 is 0 Å². The van der Waals surface area contributed by atoms with Gasteiger partial charge in [0.1, 0.15) is 6.02 Å². The van der Waals surface area contributed by atoms with Gasteiger partial charge in [-0.2, -0.15) is 0 Å². The van der Waals surface area contributed by atoms with Gasteiger partial charge in [-0.15, -0.1) is 0 Å². The summed E-state index contributed by atoms with van der Waals surface area (Å²) in [6, 6.07) is 1.25. The Balaban J connectivity index is 3.07. The van der Waals surface area contributed by atoms with Crippen molar-refractivity contribution in [2.75, 3.05) is 7.11 Å². The summed E-state index contributed by atoms with van der Waals surface area (Å²) in [5.74, 6) is -1.85. The molecule has 0 radical (unpaired) electrons. The van der Waals surface area contributed by atoms with Crippen molar-refractivity contribution in [3.05, 3.63) is 23.8 Å². The van der Waals surface area contributed by atoms with E-state index in [2.05, 4.69) is 4.74 Å². The minimum Gasteiger partial charge on any atom is -0.504 e. The molecule has 1 aromatic carbocycles.